The molecule has 0 fully saturated rings. The average Bonchev–Trinajstić information content (AvgIpc) is 2.89. The maximum absolute atomic E-state index is 13.7. The van der Waals surface area contributed by atoms with Crippen molar-refractivity contribution in [1.29, 1.82) is 0 Å². The maximum Gasteiger partial charge on any atom is 0.282 e. The molecule has 1 heterocycles. The summed E-state index contributed by atoms with van der Waals surface area (Å²) in [6.07, 6.45) is 2.56. The lowest BCUT2D eigenvalue weighted by molar-refractivity contribution is 0.217. The second kappa shape index (κ2) is 11.8. The van der Waals surface area contributed by atoms with Crippen LogP contribution in [0.3, 0.4) is 0 Å². The molecule has 7 heteroatoms. The van der Waals surface area contributed by atoms with E-state index in [4.69, 9.17) is 26.1 Å². The summed E-state index contributed by atoms with van der Waals surface area (Å²) >= 11 is 6.48. The molecule has 0 radical (unpaired) electrons. The zero-order chi connectivity index (χ0) is 27.4. The maximum atomic E-state index is 13.7. The van der Waals surface area contributed by atoms with Crippen LogP contribution in [0, 0.1) is 6.92 Å². The van der Waals surface area contributed by atoms with Gasteiger partial charge in [0.25, 0.3) is 5.56 Å². The molecule has 4 aromatic rings. The Hall–Kier alpha value is -3.64. The Labute approximate surface area is 228 Å². The average molecular weight is 532 g/mol. The van der Waals surface area contributed by atoms with Crippen LogP contribution >= 0.6 is 11.6 Å². The highest BCUT2D eigenvalue weighted by atomic mass is 35.5. The Morgan fingerprint density at radius 2 is 1.82 bits per heavy atom. The van der Waals surface area contributed by atoms with E-state index in [0.717, 1.165) is 34.4 Å². The van der Waals surface area contributed by atoms with Crippen molar-refractivity contribution in [1.82, 2.24) is 9.66 Å². The van der Waals surface area contributed by atoms with Crippen LogP contribution in [0.1, 0.15) is 63.6 Å². The molecule has 0 saturated heterocycles. The number of aryl methyl sites for hydroxylation is 1. The standard InChI is InChI=1S/C31H34ClN3O3/c1-7-21(6)38-28-14-13-22(16-26(28)32)18-33-35-30(34-27-12-10-9-11-23(27)31(35)36)25-17-24(19(3)4)29(37-8-2)15-20(25)5/h9-19,21H,7-8H2,1-6H3/t21-/m1/s1. The predicted molar refractivity (Wildman–Crippen MR) is 156 cm³/mol. The van der Waals surface area contributed by atoms with Crippen molar-refractivity contribution in [3.05, 3.63) is 86.7 Å². The van der Waals surface area contributed by atoms with Crippen LogP contribution in [0.2, 0.25) is 5.02 Å². The molecule has 1 aromatic heterocycles. The molecule has 0 N–H and O–H groups in total. The third-order valence-corrected chi connectivity index (χ3v) is 6.75. The van der Waals surface area contributed by atoms with Gasteiger partial charge in [0, 0.05) is 5.56 Å². The molecule has 0 aliphatic carbocycles. The molecule has 0 unspecified atom stereocenters. The second-order valence-corrected chi connectivity index (χ2v) is 10.0. The van der Waals surface area contributed by atoms with E-state index in [0.29, 0.717) is 34.1 Å². The van der Waals surface area contributed by atoms with Gasteiger partial charge in [-0.25, -0.2) is 4.98 Å². The van der Waals surface area contributed by atoms with Crippen LogP contribution in [0.4, 0.5) is 0 Å². The molecule has 0 amide bonds. The first-order valence-electron chi connectivity index (χ1n) is 13.0. The van der Waals surface area contributed by atoms with Crippen LogP contribution in [0.15, 0.2) is 64.5 Å². The Kier molecular flexibility index (Phi) is 8.52. The Morgan fingerprint density at radius 3 is 2.50 bits per heavy atom. The fraction of sp³-hybridized carbons (Fsp3) is 0.323. The number of aromatic nitrogens is 2. The summed E-state index contributed by atoms with van der Waals surface area (Å²) < 4.78 is 13.2. The van der Waals surface area contributed by atoms with E-state index < -0.39 is 0 Å². The van der Waals surface area contributed by atoms with Crippen LogP contribution in [-0.2, 0) is 0 Å². The molecule has 0 spiro atoms. The number of fused-ring (bicyclic) bond motifs is 1. The number of hydrogen-bond acceptors (Lipinski definition) is 5. The van der Waals surface area contributed by atoms with Crippen molar-refractivity contribution < 1.29 is 9.47 Å². The van der Waals surface area contributed by atoms with Crippen LogP contribution in [-0.4, -0.2) is 28.6 Å². The monoisotopic (exact) mass is 531 g/mol. The summed E-state index contributed by atoms with van der Waals surface area (Å²) in [6.45, 7) is 12.8. The molecule has 38 heavy (non-hydrogen) atoms. The normalized spacial score (nSPS) is 12.4. The largest absolute Gasteiger partial charge is 0.494 e. The Bertz CT molecular complexity index is 1540. The summed E-state index contributed by atoms with van der Waals surface area (Å²) in [5, 5.41) is 5.60. The van der Waals surface area contributed by atoms with Gasteiger partial charge >= 0.3 is 0 Å². The van der Waals surface area contributed by atoms with E-state index >= 15 is 0 Å². The van der Waals surface area contributed by atoms with Crippen LogP contribution in [0.25, 0.3) is 22.3 Å². The van der Waals surface area contributed by atoms with E-state index in [1.54, 1.807) is 18.3 Å². The summed E-state index contributed by atoms with van der Waals surface area (Å²) in [6, 6.07) is 16.9. The third-order valence-electron chi connectivity index (χ3n) is 6.45. The molecule has 0 aliphatic rings. The van der Waals surface area contributed by atoms with Gasteiger partial charge in [-0.05, 0) is 92.3 Å². The van der Waals surface area contributed by atoms with E-state index in [2.05, 4.69) is 31.9 Å². The molecule has 4 rings (SSSR count). The first kappa shape index (κ1) is 27.4. The molecule has 0 aliphatic heterocycles. The predicted octanol–water partition coefficient (Wildman–Crippen LogP) is 7.61. The van der Waals surface area contributed by atoms with E-state index in [1.165, 1.54) is 4.68 Å². The highest BCUT2D eigenvalue weighted by Gasteiger charge is 2.18. The lowest BCUT2D eigenvalue weighted by atomic mass is 9.96. The summed E-state index contributed by atoms with van der Waals surface area (Å²) in [4.78, 5) is 18.5. The van der Waals surface area contributed by atoms with Crippen LogP contribution in [0.5, 0.6) is 11.5 Å². The van der Waals surface area contributed by atoms with Crippen molar-refractivity contribution in [2.45, 2.75) is 60.0 Å². The van der Waals surface area contributed by atoms with Crippen molar-refractivity contribution in [2.75, 3.05) is 6.61 Å². The van der Waals surface area contributed by atoms with E-state index in [9.17, 15) is 4.79 Å². The van der Waals surface area contributed by atoms with Gasteiger partial charge in [-0.15, -0.1) is 0 Å². The van der Waals surface area contributed by atoms with Crippen LogP contribution < -0.4 is 15.0 Å². The number of para-hydroxylation sites is 1. The third kappa shape index (κ3) is 5.76. The molecule has 1 atom stereocenters. The molecule has 0 bridgehead atoms. The first-order chi connectivity index (χ1) is 18.2. The number of halogens is 1. The molecule has 3 aromatic carbocycles. The Balaban J connectivity index is 1.87. The first-order valence-corrected chi connectivity index (χ1v) is 13.4. The lowest BCUT2D eigenvalue weighted by Crippen LogP contribution is -2.21. The zero-order valence-electron chi connectivity index (χ0n) is 22.8. The van der Waals surface area contributed by atoms with Gasteiger partial charge in [-0.3, -0.25) is 4.79 Å². The molecule has 0 saturated carbocycles. The van der Waals surface area contributed by atoms with Gasteiger partial charge in [0.1, 0.15) is 11.5 Å². The minimum atomic E-state index is -0.246. The lowest BCUT2D eigenvalue weighted by Gasteiger charge is -2.18. The summed E-state index contributed by atoms with van der Waals surface area (Å²) in [5.41, 5.74) is 3.93. The number of nitrogens with zero attached hydrogens (tertiary/aromatic N) is 3. The highest BCUT2D eigenvalue weighted by molar-refractivity contribution is 6.32. The smallest absolute Gasteiger partial charge is 0.282 e. The van der Waals surface area contributed by atoms with Crippen molar-refractivity contribution >= 4 is 28.7 Å². The molecule has 198 valence electrons. The topological polar surface area (TPSA) is 65.7 Å². The summed E-state index contributed by atoms with van der Waals surface area (Å²) in [7, 11) is 0. The van der Waals surface area contributed by atoms with Gasteiger partial charge in [-0.1, -0.05) is 44.5 Å². The number of benzene rings is 3. The number of rotatable bonds is 9. The summed E-state index contributed by atoms with van der Waals surface area (Å²) in [5.74, 6) is 2.15. The van der Waals surface area contributed by atoms with Crippen molar-refractivity contribution in [3.63, 3.8) is 0 Å². The van der Waals surface area contributed by atoms with Crippen molar-refractivity contribution in [2.24, 2.45) is 5.10 Å². The van der Waals surface area contributed by atoms with Gasteiger partial charge < -0.3 is 9.47 Å². The van der Waals surface area contributed by atoms with Crippen molar-refractivity contribution in [3.8, 4) is 22.9 Å². The molecular weight excluding hydrogens is 498 g/mol. The van der Waals surface area contributed by atoms with Gasteiger partial charge in [0.2, 0.25) is 0 Å². The molecule has 6 nitrogen and oxygen atoms in total. The number of hydrogen-bond donors (Lipinski definition) is 0. The van der Waals surface area contributed by atoms with Gasteiger partial charge in [0.15, 0.2) is 5.82 Å². The zero-order valence-corrected chi connectivity index (χ0v) is 23.5. The van der Waals surface area contributed by atoms with E-state index in [1.807, 2.05) is 57.2 Å². The second-order valence-electron chi connectivity index (χ2n) is 9.63. The van der Waals surface area contributed by atoms with E-state index in [-0.39, 0.29) is 17.6 Å². The fourth-order valence-corrected chi connectivity index (χ4v) is 4.43. The van der Waals surface area contributed by atoms with Gasteiger partial charge in [0.05, 0.1) is 34.9 Å². The minimum absolute atomic E-state index is 0.0601. The SMILES string of the molecule is CCOc1cc(C)c(-c2nc3ccccc3c(=O)n2N=Cc2ccc(O[C@H](C)CC)c(Cl)c2)cc1C(C)C. The minimum Gasteiger partial charge on any atom is -0.494 e. The quantitative estimate of drug-likeness (QED) is 0.208. The highest BCUT2D eigenvalue weighted by Crippen LogP contribution is 2.34. The Morgan fingerprint density at radius 1 is 1.05 bits per heavy atom. The molecular formula is C31H34ClN3O3. The number of ether oxygens (including phenoxy) is 2. The van der Waals surface area contributed by atoms with Gasteiger partial charge in [-0.2, -0.15) is 9.78 Å². The fourth-order valence-electron chi connectivity index (χ4n) is 4.19.